The number of hydrogen-bond donors (Lipinski definition) is 3. The summed E-state index contributed by atoms with van der Waals surface area (Å²) in [6.07, 6.45) is 0. The Morgan fingerprint density at radius 2 is 1.94 bits per heavy atom. The highest BCUT2D eigenvalue weighted by molar-refractivity contribution is 7.99. The second-order valence-electron chi connectivity index (χ2n) is 7.97. The first-order valence-corrected chi connectivity index (χ1v) is 12.6. The van der Waals surface area contributed by atoms with E-state index in [4.69, 9.17) is 20.8 Å². The molecule has 3 aromatic carbocycles. The molecular weight excluding hydrogens is 508 g/mol. The predicted octanol–water partition coefficient (Wildman–Crippen LogP) is 2.64. The average Bonchev–Trinajstić information content (AvgIpc) is 3.16. The Kier molecular flexibility index (Phi) is 7.18. The van der Waals surface area contributed by atoms with Gasteiger partial charge in [-0.05, 0) is 52.6 Å². The molecule has 0 saturated heterocycles. The minimum absolute atomic E-state index is 0.0494. The molecule has 10 nitrogen and oxygen atoms in total. The molecule has 0 aliphatic carbocycles. The molecular formula is C24H25ClN4O6S+2. The van der Waals surface area contributed by atoms with Gasteiger partial charge in [0.25, 0.3) is 0 Å². The monoisotopic (exact) mass is 532 g/mol. The zero-order chi connectivity index (χ0) is 26.0. The number of anilines is 1. The van der Waals surface area contributed by atoms with Gasteiger partial charge < -0.3 is 14.5 Å². The summed E-state index contributed by atoms with van der Waals surface area (Å²) in [5.74, 6) is 3.09. The lowest BCUT2D eigenvalue weighted by Crippen LogP contribution is -2.60. The van der Waals surface area contributed by atoms with Crippen molar-refractivity contribution in [3.05, 3.63) is 87.4 Å². The molecule has 1 atom stereocenters. The number of nitrogens with zero attached hydrogens (tertiary/aromatic N) is 2. The Morgan fingerprint density at radius 3 is 2.64 bits per heavy atom. The molecule has 4 rings (SSSR count). The minimum atomic E-state index is -4.02. The van der Waals surface area contributed by atoms with Crippen molar-refractivity contribution in [2.45, 2.75) is 18.4 Å². The molecule has 0 radical (unpaired) electrons. The summed E-state index contributed by atoms with van der Waals surface area (Å²) < 4.78 is 37.6. The van der Waals surface area contributed by atoms with Crippen LogP contribution in [-0.4, -0.2) is 28.8 Å². The van der Waals surface area contributed by atoms with Crippen LogP contribution in [0.1, 0.15) is 11.1 Å². The normalized spacial score (nSPS) is 12.8. The van der Waals surface area contributed by atoms with Crippen LogP contribution in [0.4, 0.5) is 5.69 Å². The third-order valence-electron chi connectivity index (χ3n) is 5.69. The zero-order valence-corrected chi connectivity index (χ0v) is 21.1. The summed E-state index contributed by atoms with van der Waals surface area (Å²) >= 11 is 6.28. The summed E-state index contributed by atoms with van der Waals surface area (Å²) in [5, 5.41) is 3.15. The van der Waals surface area contributed by atoms with Crippen LogP contribution < -0.4 is 26.0 Å². The number of halogens is 1. The number of rotatable bonds is 8. The fourth-order valence-corrected chi connectivity index (χ4v) is 5.33. The van der Waals surface area contributed by atoms with Crippen molar-refractivity contribution in [1.82, 2.24) is 9.99 Å². The molecule has 0 aliphatic rings. The van der Waals surface area contributed by atoms with Crippen molar-refractivity contribution in [1.29, 1.82) is 0 Å². The van der Waals surface area contributed by atoms with Crippen molar-refractivity contribution >= 4 is 44.7 Å². The van der Waals surface area contributed by atoms with Crippen LogP contribution in [0.2, 0.25) is 5.02 Å². The van der Waals surface area contributed by atoms with Gasteiger partial charge in [-0.15, -0.1) is 4.68 Å². The summed E-state index contributed by atoms with van der Waals surface area (Å²) in [6, 6.07) is 16.2. The van der Waals surface area contributed by atoms with Crippen molar-refractivity contribution in [2.75, 3.05) is 18.0 Å². The van der Waals surface area contributed by atoms with Crippen LogP contribution in [0.15, 0.2) is 74.8 Å². The van der Waals surface area contributed by atoms with Gasteiger partial charge in [0.1, 0.15) is 17.8 Å². The maximum absolute atomic E-state index is 13.9. The third-order valence-corrected chi connectivity index (χ3v) is 7.89. The summed E-state index contributed by atoms with van der Waals surface area (Å²) in [4.78, 5) is 24.7. The van der Waals surface area contributed by atoms with Crippen LogP contribution in [0.25, 0.3) is 11.1 Å². The summed E-state index contributed by atoms with van der Waals surface area (Å²) in [7, 11) is -2.45. The van der Waals surface area contributed by atoms with Crippen molar-refractivity contribution in [2.24, 2.45) is 0 Å². The van der Waals surface area contributed by atoms with Gasteiger partial charge in [-0.2, -0.15) is 8.86 Å². The van der Waals surface area contributed by atoms with Crippen molar-refractivity contribution < 1.29 is 28.6 Å². The molecule has 1 aromatic heterocycles. The number of carbonyl (C=O) groups is 1. The number of fused-ring (bicyclic) bond motifs is 1. The molecule has 1 heterocycles. The second-order valence-corrected chi connectivity index (χ2v) is 10.3. The van der Waals surface area contributed by atoms with E-state index in [1.54, 1.807) is 44.4 Å². The predicted molar refractivity (Wildman–Crippen MR) is 136 cm³/mol. The number of oxazole rings is 1. The Labute approximate surface area is 212 Å². The number of aromatic nitrogens is 1. The van der Waals surface area contributed by atoms with Gasteiger partial charge in [0.05, 0.1) is 12.8 Å². The van der Waals surface area contributed by atoms with Gasteiger partial charge >= 0.3 is 16.2 Å². The van der Waals surface area contributed by atoms with Gasteiger partial charge in [-0.1, -0.05) is 29.8 Å². The Morgan fingerprint density at radius 1 is 1.22 bits per heavy atom. The topological polar surface area (TPSA) is 142 Å². The van der Waals surface area contributed by atoms with Crippen LogP contribution in [0.3, 0.4) is 0 Å². The van der Waals surface area contributed by atoms with Crippen LogP contribution in [-0.2, 0) is 25.9 Å². The van der Waals surface area contributed by atoms with E-state index in [-0.39, 0.29) is 17.0 Å². The number of hydrogen-bond acceptors (Lipinski definition) is 5. The molecule has 0 saturated carbocycles. The molecule has 0 bridgehead atoms. The molecule has 36 heavy (non-hydrogen) atoms. The summed E-state index contributed by atoms with van der Waals surface area (Å²) in [5.41, 5.74) is 2.13. The fraction of sp³-hybridized carbons (Fsp3) is 0.167. The average molecular weight is 533 g/mol. The fourth-order valence-electron chi connectivity index (χ4n) is 3.64. The molecule has 1 amide bonds. The quantitative estimate of drug-likeness (QED) is 0.298. The van der Waals surface area contributed by atoms with Crippen LogP contribution in [0, 0.1) is 6.92 Å². The number of benzene rings is 3. The van der Waals surface area contributed by atoms with Gasteiger partial charge in [-0.3, -0.25) is 4.79 Å². The van der Waals surface area contributed by atoms with E-state index in [2.05, 4.69) is 11.2 Å². The molecule has 0 aliphatic heterocycles. The Bertz CT molecular complexity index is 1530. The van der Waals surface area contributed by atoms with E-state index in [1.165, 1.54) is 18.2 Å². The lowest BCUT2D eigenvalue weighted by atomic mass is 10.2. The van der Waals surface area contributed by atoms with E-state index in [9.17, 15) is 18.4 Å². The molecule has 5 N–H and O–H groups in total. The van der Waals surface area contributed by atoms with Gasteiger partial charge in [0.2, 0.25) is 10.8 Å². The van der Waals surface area contributed by atoms with Gasteiger partial charge in [0, 0.05) is 23.7 Å². The SMILES string of the molecule is COc1ccc(CNC(=O)CN(c2cccc(Cl)c2C)[S+](=O)(O)c2ccc3c(c2)oc(=O)n3[NH3+])cc1. The van der Waals surface area contributed by atoms with E-state index in [1.807, 2.05) is 12.1 Å². The van der Waals surface area contributed by atoms with Crippen molar-refractivity contribution in [3.63, 3.8) is 0 Å². The molecule has 0 fully saturated rings. The van der Waals surface area contributed by atoms with E-state index in [0.717, 1.165) is 14.5 Å². The maximum atomic E-state index is 13.9. The largest absolute Gasteiger partial charge is 0.497 e. The van der Waals surface area contributed by atoms with E-state index < -0.39 is 28.6 Å². The molecule has 188 valence electrons. The second kappa shape index (κ2) is 10.2. The number of nitrogens with one attached hydrogen (secondary N) is 1. The Balaban J connectivity index is 1.66. The standard InChI is InChI=1S/C24H23ClN4O6S/c1-15-19(25)4-3-5-20(15)28(14-23(30)27-13-16-6-8-17(34-2)9-7-16)36(32,33)18-10-11-21-22(12-18)35-24(31)29(21)26/h3-12H,13-14,26H2,1-2H3,(H-,27,30,32,33)/p+2. The highest BCUT2D eigenvalue weighted by Gasteiger charge is 2.41. The zero-order valence-electron chi connectivity index (χ0n) is 19.6. The van der Waals surface area contributed by atoms with Crippen LogP contribution in [0.5, 0.6) is 5.75 Å². The first-order valence-electron chi connectivity index (χ1n) is 10.8. The van der Waals surface area contributed by atoms with Gasteiger partial charge in [0.15, 0.2) is 5.58 Å². The number of ether oxygens (including phenoxy) is 1. The summed E-state index contributed by atoms with van der Waals surface area (Å²) in [6.45, 7) is 1.47. The molecule has 12 heteroatoms. The minimum Gasteiger partial charge on any atom is -0.497 e. The van der Waals surface area contributed by atoms with Crippen molar-refractivity contribution in [3.8, 4) is 5.75 Å². The number of amides is 1. The molecule has 4 aromatic rings. The lowest BCUT2D eigenvalue weighted by molar-refractivity contribution is -0.439. The highest BCUT2D eigenvalue weighted by Crippen LogP contribution is 2.34. The van der Waals surface area contributed by atoms with E-state index in [0.29, 0.717) is 27.5 Å². The lowest BCUT2D eigenvalue weighted by Gasteiger charge is -2.23. The number of methoxy groups -OCH3 is 1. The van der Waals surface area contributed by atoms with Crippen LogP contribution >= 0.6 is 11.6 Å². The highest BCUT2D eigenvalue weighted by atomic mass is 35.5. The first-order chi connectivity index (χ1) is 17.1. The molecule has 1 unspecified atom stereocenters. The Hall–Kier alpha value is -3.64. The molecule has 0 spiro atoms. The van der Waals surface area contributed by atoms with Gasteiger partial charge in [-0.25, -0.2) is 10.6 Å². The first kappa shape index (κ1) is 25.5. The maximum Gasteiger partial charge on any atom is 0.464 e. The third kappa shape index (κ3) is 5.00. The smallest absolute Gasteiger partial charge is 0.464 e. The number of carbonyl (C=O) groups excluding carboxylic acids is 1. The number of quaternary nitrogens is 1. The van der Waals surface area contributed by atoms with E-state index >= 15 is 0 Å².